The second-order valence-corrected chi connectivity index (χ2v) is 8.64. The van der Waals surface area contributed by atoms with Crippen LogP contribution in [0.4, 0.5) is 11.4 Å². The van der Waals surface area contributed by atoms with Crippen LogP contribution in [0, 0.1) is 0 Å². The smallest absolute Gasteiger partial charge is 0.268 e. The highest BCUT2D eigenvalue weighted by molar-refractivity contribution is 7.12. The first-order valence-electron chi connectivity index (χ1n) is 10.7. The molecule has 166 valence electrons. The van der Waals surface area contributed by atoms with E-state index in [1.807, 2.05) is 52.7 Å². The van der Waals surface area contributed by atoms with Crippen LogP contribution < -0.4 is 14.5 Å². The van der Waals surface area contributed by atoms with Crippen molar-refractivity contribution >= 4 is 34.5 Å². The van der Waals surface area contributed by atoms with Crippen molar-refractivity contribution in [1.82, 2.24) is 4.90 Å². The highest BCUT2D eigenvalue weighted by Gasteiger charge is 2.25. The molecule has 1 saturated heterocycles. The molecule has 7 heteroatoms. The molecule has 6 nitrogen and oxygen atoms in total. The van der Waals surface area contributed by atoms with Crippen molar-refractivity contribution in [3.8, 4) is 5.75 Å². The first kappa shape index (κ1) is 21.9. The van der Waals surface area contributed by atoms with Crippen molar-refractivity contribution in [3.63, 3.8) is 0 Å². The molecule has 4 rings (SSSR count). The summed E-state index contributed by atoms with van der Waals surface area (Å²) in [6.07, 6.45) is 0.879. The van der Waals surface area contributed by atoms with Crippen LogP contribution in [0.2, 0.25) is 0 Å². The Morgan fingerprint density at radius 3 is 2.44 bits per heavy atom. The number of amides is 2. The molecule has 2 amide bonds. The van der Waals surface area contributed by atoms with E-state index in [-0.39, 0.29) is 11.8 Å². The summed E-state index contributed by atoms with van der Waals surface area (Å²) >= 11 is 1.40. The number of carbonyl (C=O) groups excluding carboxylic acids is 2. The van der Waals surface area contributed by atoms with Crippen molar-refractivity contribution in [2.24, 2.45) is 0 Å². The zero-order valence-electron chi connectivity index (χ0n) is 18.4. The van der Waals surface area contributed by atoms with Gasteiger partial charge >= 0.3 is 0 Å². The van der Waals surface area contributed by atoms with Crippen molar-refractivity contribution in [3.05, 3.63) is 76.5 Å². The molecule has 3 aromatic rings. The molecule has 0 N–H and O–H groups in total. The Bertz CT molecular complexity index is 1070. The standard InChI is InChI=1S/C25H27N3O3S/c1-26(25(30)23-9-5-18-32-23)22-8-4-3-7-21(22)24(29)28-15-6-14-27(16-17-28)19-10-12-20(31-2)13-11-19/h3-5,7-13,18H,6,14-17H2,1-2H3. The van der Waals surface area contributed by atoms with Crippen LogP contribution in [0.15, 0.2) is 66.0 Å². The molecule has 0 bridgehead atoms. The van der Waals surface area contributed by atoms with E-state index in [0.29, 0.717) is 29.2 Å². The number of para-hydroxylation sites is 1. The molecule has 0 aliphatic carbocycles. The quantitative estimate of drug-likeness (QED) is 0.580. The van der Waals surface area contributed by atoms with Gasteiger partial charge in [0.25, 0.3) is 11.8 Å². The van der Waals surface area contributed by atoms with Crippen molar-refractivity contribution in [2.75, 3.05) is 50.1 Å². The third kappa shape index (κ3) is 4.62. The average molecular weight is 450 g/mol. The number of thiophene rings is 1. The molecule has 1 aliphatic heterocycles. The minimum Gasteiger partial charge on any atom is -0.497 e. The Balaban J connectivity index is 1.49. The van der Waals surface area contributed by atoms with Crippen molar-refractivity contribution in [2.45, 2.75) is 6.42 Å². The topological polar surface area (TPSA) is 53.1 Å². The van der Waals surface area contributed by atoms with E-state index >= 15 is 0 Å². The van der Waals surface area contributed by atoms with Crippen LogP contribution in [0.5, 0.6) is 5.75 Å². The fourth-order valence-corrected chi connectivity index (χ4v) is 4.66. The second kappa shape index (κ2) is 9.87. The van der Waals surface area contributed by atoms with Crippen LogP contribution in [0.25, 0.3) is 0 Å². The third-order valence-electron chi connectivity index (χ3n) is 5.75. The molecule has 0 unspecified atom stereocenters. The van der Waals surface area contributed by atoms with E-state index in [2.05, 4.69) is 17.0 Å². The predicted octanol–water partition coefficient (Wildman–Crippen LogP) is 4.39. The Morgan fingerprint density at radius 1 is 0.938 bits per heavy atom. The maximum absolute atomic E-state index is 13.5. The molecule has 2 aromatic carbocycles. The van der Waals surface area contributed by atoms with Gasteiger partial charge in [-0.1, -0.05) is 18.2 Å². The lowest BCUT2D eigenvalue weighted by atomic mass is 10.1. The summed E-state index contributed by atoms with van der Waals surface area (Å²) in [5.74, 6) is 0.683. The molecule has 1 aliphatic rings. The second-order valence-electron chi connectivity index (χ2n) is 7.69. The third-order valence-corrected chi connectivity index (χ3v) is 6.61. The number of anilines is 2. The normalized spacial score (nSPS) is 14.1. The number of hydrogen-bond acceptors (Lipinski definition) is 5. The Labute approximate surface area is 192 Å². The van der Waals surface area contributed by atoms with Crippen LogP contribution in [-0.2, 0) is 0 Å². The van der Waals surface area contributed by atoms with E-state index in [1.165, 1.54) is 11.3 Å². The fraction of sp³-hybridized carbons (Fsp3) is 0.280. The van der Waals surface area contributed by atoms with Crippen LogP contribution in [0.3, 0.4) is 0 Å². The summed E-state index contributed by atoms with van der Waals surface area (Å²) in [6, 6.07) is 19.0. The molecule has 2 heterocycles. The number of hydrogen-bond donors (Lipinski definition) is 0. The monoisotopic (exact) mass is 449 g/mol. The molecule has 32 heavy (non-hydrogen) atoms. The molecule has 0 radical (unpaired) electrons. The van der Waals surface area contributed by atoms with E-state index < -0.39 is 0 Å². The first-order chi connectivity index (χ1) is 15.6. The zero-order valence-corrected chi connectivity index (χ0v) is 19.2. The molecule has 1 aromatic heterocycles. The van der Waals surface area contributed by atoms with Gasteiger partial charge in [-0.25, -0.2) is 0 Å². The van der Waals surface area contributed by atoms with Crippen molar-refractivity contribution in [1.29, 1.82) is 0 Å². The van der Waals surface area contributed by atoms with Crippen LogP contribution in [0.1, 0.15) is 26.5 Å². The van der Waals surface area contributed by atoms with Crippen LogP contribution in [-0.4, -0.2) is 57.1 Å². The first-order valence-corrected chi connectivity index (χ1v) is 11.6. The number of rotatable bonds is 5. The van der Waals surface area contributed by atoms with Gasteiger partial charge in [0.1, 0.15) is 5.75 Å². The molecule has 0 spiro atoms. The number of carbonyl (C=O) groups is 2. The highest BCUT2D eigenvalue weighted by Crippen LogP contribution is 2.25. The van der Waals surface area contributed by atoms with Gasteiger partial charge in [-0.3, -0.25) is 9.59 Å². The maximum Gasteiger partial charge on any atom is 0.268 e. The average Bonchev–Trinajstić information content (AvgIpc) is 3.27. The van der Waals surface area contributed by atoms with Gasteiger partial charge in [-0.05, 0) is 54.3 Å². The predicted molar refractivity (Wildman–Crippen MR) is 129 cm³/mol. The summed E-state index contributed by atoms with van der Waals surface area (Å²) < 4.78 is 5.25. The molecule has 1 fully saturated rings. The molecular weight excluding hydrogens is 422 g/mol. The van der Waals surface area contributed by atoms with Gasteiger partial charge in [0.2, 0.25) is 0 Å². The molecule has 0 atom stereocenters. The number of nitrogens with zero attached hydrogens (tertiary/aromatic N) is 3. The Morgan fingerprint density at radius 2 is 1.72 bits per heavy atom. The molecular formula is C25H27N3O3S. The molecule has 0 saturated carbocycles. The van der Waals surface area contributed by atoms with Gasteiger partial charge < -0.3 is 19.4 Å². The highest BCUT2D eigenvalue weighted by atomic mass is 32.1. The van der Waals surface area contributed by atoms with Gasteiger partial charge in [-0.2, -0.15) is 0 Å². The van der Waals surface area contributed by atoms with E-state index in [0.717, 1.165) is 30.9 Å². The van der Waals surface area contributed by atoms with E-state index in [1.54, 1.807) is 25.1 Å². The van der Waals surface area contributed by atoms with Gasteiger partial charge in [-0.15, -0.1) is 11.3 Å². The summed E-state index contributed by atoms with van der Waals surface area (Å²) in [7, 11) is 3.38. The summed E-state index contributed by atoms with van der Waals surface area (Å²) in [5, 5.41) is 1.88. The summed E-state index contributed by atoms with van der Waals surface area (Å²) in [4.78, 5) is 32.7. The number of ether oxygens (including phenoxy) is 1. The van der Waals surface area contributed by atoms with Crippen LogP contribution >= 0.6 is 11.3 Å². The Kier molecular flexibility index (Phi) is 6.75. The largest absolute Gasteiger partial charge is 0.497 e. The lowest BCUT2D eigenvalue weighted by Crippen LogP contribution is -2.36. The van der Waals surface area contributed by atoms with Crippen molar-refractivity contribution < 1.29 is 14.3 Å². The minimum atomic E-state index is -0.109. The van der Waals surface area contributed by atoms with E-state index in [4.69, 9.17) is 4.74 Å². The van der Waals surface area contributed by atoms with Gasteiger partial charge in [0.05, 0.1) is 23.2 Å². The lowest BCUT2D eigenvalue weighted by molar-refractivity contribution is 0.0767. The zero-order chi connectivity index (χ0) is 22.5. The van der Waals surface area contributed by atoms with Gasteiger partial charge in [0.15, 0.2) is 0 Å². The van der Waals surface area contributed by atoms with E-state index in [9.17, 15) is 9.59 Å². The number of benzene rings is 2. The SMILES string of the molecule is COc1ccc(N2CCCN(C(=O)c3ccccc3N(C)C(=O)c3cccs3)CC2)cc1. The fourth-order valence-electron chi connectivity index (χ4n) is 3.96. The number of methoxy groups -OCH3 is 1. The summed E-state index contributed by atoms with van der Waals surface area (Å²) in [5.41, 5.74) is 2.31. The lowest BCUT2D eigenvalue weighted by Gasteiger charge is -2.26. The maximum atomic E-state index is 13.5. The Hall–Kier alpha value is -3.32. The summed E-state index contributed by atoms with van der Waals surface area (Å²) in [6.45, 7) is 2.95. The minimum absolute atomic E-state index is 0.0389. The van der Waals surface area contributed by atoms with Gasteiger partial charge in [0, 0.05) is 38.9 Å².